The summed E-state index contributed by atoms with van der Waals surface area (Å²) >= 11 is 0. The Morgan fingerprint density at radius 1 is 1.10 bits per heavy atom. The SMILES string of the molecule is C=CC=C(C=CC)C=CC. The van der Waals surface area contributed by atoms with Gasteiger partial charge in [-0.05, 0) is 19.4 Å². The second-order valence-electron chi connectivity index (χ2n) is 1.90. The first-order valence-electron chi connectivity index (χ1n) is 3.43. The topological polar surface area (TPSA) is 0 Å². The van der Waals surface area contributed by atoms with Gasteiger partial charge in [-0.3, -0.25) is 0 Å². The third-order valence-electron chi connectivity index (χ3n) is 1.03. The monoisotopic (exact) mass is 134 g/mol. The van der Waals surface area contributed by atoms with Gasteiger partial charge in [0.1, 0.15) is 0 Å². The average molecular weight is 134 g/mol. The van der Waals surface area contributed by atoms with E-state index < -0.39 is 0 Å². The summed E-state index contributed by atoms with van der Waals surface area (Å²) in [5, 5.41) is 0. The zero-order valence-electron chi connectivity index (χ0n) is 6.67. The molecule has 0 nitrogen and oxygen atoms in total. The van der Waals surface area contributed by atoms with Crippen LogP contribution in [0, 0.1) is 0 Å². The van der Waals surface area contributed by atoms with E-state index in [1.165, 1.54) is 5.57 Å². The summed E-state index contributed by atoms with van der Waals surface area (Å²) in [6.45, 7) is 7.62. The van der Waals surface area contributed by atoms with Crippen LogP contribution in [0.15, 0.2) is 48.6 Å². The van der Waals surface area contributed by atoms with Crippen molar-refractivity contribution in [2.75, 3.05) is 0 Å². The first kappa shape index (κ1) is 8.96. The normalized spacial score (nSPS) is 10.6. The van der Waals surface area contributed by atoms with Gasteiger partial charge in [-0.1, -0.05) is 43.0 Å². The Kier molecular flexibility index (Phi) is 5.45. The number of hydrogen-bond donors (Lipinski definition) is 0. The molecule has 0 atom stereocenters. The van der Waals surface area contributed by atoms with Gasteiger partial charge in [0.15, 0.2) is 0 Å². The largest absolute Gasteiger partial charge is 0.0990 e. The minimum absolute atomic E-state index is 1.18. The van der Waals surface area contributed by atoms with Crippen LogP contribution in [0.4, 0.5) is 0 Å². The second kappa shape index (κ2) is 6.09. The van der Waals surface area contributed by atoms with E-state index in [1.807, 2.05) is 44.2 Å². The number of hydrogen-bond acceptors (Lipinski definition) is 0. The minimum Gasteiger partial charge on any atom is -0.0990 e. The van der Waals surface area contributed by atoms with Crippen molar-refractivity contribution in [3.05, 3.63) is 48.6 Å². The first-order chi connectivity index (χ1) is 4.85. The first-order valence-corrected chi connectivity index (χ1v) is 3.43. The molecule has 54 valence electrons. The lowest BCUT2D eigenvalue weighted by molar-refractivity contribution is 1.60. The van der Waals surface area contributed by atoms with E-state index in [4.69, 9.17) is 0 Å². The number of allylic oxidation sites excluding steroid dienone is 7. The van der Waals surface area contributed by atoms with Gasteiger partial charge in [-0.25, -0.2) is 0 Å². The fraction of sp³-hybridized carbons (Fsp3) is 0.200. The highest BCUT2D eigenvalue weighted by atomic mass is 13.8. The summed E-state index contributed by atoms with van der Waals surface area (Å²) in [5.41, 5.74) is 1.18. The predicted molar refractivity (Wildman–Crippen MR) is 47.9 cm³/mol. The molecule has 0 radical (unpaired) electrons. The van der Waals surface area contributed by atoms with Crippen LogP contribution < -0.4 is 0 Å². The second-order valence-corrected chi connectivity index (χ2v) is 1.90. The van der Waals surface area contributed by atoms with Crippen LogP contribution in [0.2, 0.25) is 0 Å². The van der Waals surface area contributed by atoms with Crippen molar-refractivity contribution in [1.29, 1.82) is 0 Å². The highest BCUT2D eigenvalue weighted by Crippen LogP contribution is 1.98. The highest BCUT2D eigenvalue weighted by Gasteiger charge is 1.78. The van der Waals surface area contributed by atoms with Crippen molar-refractivity contribution >= 4 is 0 Å². The van der Waals surface area contributed by atoms with E-state index in [1.54, 1.807) is 6.08 Å². The molecule has 0 fully saturated rings. The smallest absolute Gasteiger partial charge is 0.0263 e. The molecular weight excluding hydrogens is 120 g/mol. The Morgan fingerprint density at radius 2 is 1.60 bits per heavy atom. The van der Waals surface area contributed by atoms with E-state index in [-0.39, 0.29) is 0 Å². The summed E-state index contributed by atoms with van der Waals surface area (Å²) in [4.78, 5) is 0. The Hall–Kier alpha value is -1.04. The zero-order valence-corrected chi connectivity index (χ0v) is 6.67. The van der Waals surface area contributed by atoms with Crippen LogP contribution in [-0.2, 0) is 0 Å². The van der Waals surface area contributed by atoms with Crippen molar-refractivity contribution in [3.8, 4) is 0 Å². The molecule has 0 heteroatoms. The van der Waals surface area contributed by atoms with Crippen LogP contribution >= 0.6 is 0 Å². The van der Waals surface area contributed by atoms with Crippen molar-refractivity contribution in [1.82, 2.24) is 0 Å². The van der Waals surface area contributed by atoms with Crippen molar-refractivity contribution in [2.24, 2.45) is 0 Å². The van der Waals surface area contributed by atoms with E-state index in [2.05, 4.69) is 6.58 Å². The maximum absolute atomic E-state index is 3.62. The third-order valence-corrected chi connectivity index (χ3v) is 1.03. The van der Waals surface area contributed by atoms with Crippen LogP contribution in [0.1, 0.15) is 13.8 Å². The third kappa shape index (κ3) is 3.90. The Bertz CT molecular complexity index is 154. The lowest BCUT2D eigenvalue weighted by Crippen LogP contribution is -1.67. The Morgan fingerprint density at radius 3 is 1.90 bits per heavy atom. The molecular formula is C10H14. The molecule has 0 aromatic carbocycles. The molecule has 0 aliphatic carbocycles. The van der Waals surface area contributed by atoms with E-state index >= 15 is 0 Å². The molecule has 0 saturated carbocycles. The summed E-state index contributed by atoms with van der Waals surface area (Å²) in [5.74, 6) is 0. The van der Waals surface area contributed by atoms with E-state index in [0.29, 0.717) is 0 Å². The van der Waals surface area contributed by atoms with Gasteiger partial charge in [-0.2, -0.15) is 0 Å². The maximum Gasteiger partial charge on any atom is -0.0263 e. The predicted octanol–water partition coefficient (Wildman–Crippen LogP) is 3.25. The van der Waals surface area contributed by atoms with Gasteiger partial charge < -0.3 is 0 Å². The van der Waals surface area contributed by atoms with Gasteiger partial charge in [-0.15, -0.1) is 0 Å². The Balaban J connectivity index is 4.25. The molecule has 0 unspecified atom stereocenters. The van der Waals surface area contributed by atoms with Gasteiger partial charge in [0.2, 0.25) is 0 Å². The molecule has 0 bridgehead atoms. The summed E-state index contributed by atoms with van der Waals surface area (Å²) in [6.07, 6.45) is 11.9. The summed E-state index contributed by atoms with van der Waals surface area (Å²) in [6, 6.07) is 0. The highest BCUT2D eigenvalue weighted by molar-refractivity contribution is 5.32. The fourth-order valence-electron chi connectivity index (χ4n) is 0.688. The Labute approximate surface area is 63.3 Å². The molecule has 0 aliphatic heterocycles. The minimum atomic E-state index is 1.18. The van der Waals surface area contributed by atoms with Gasteiger partial charge in [0.05, 0.1) is 0 Å². The van der Waals surface area contributed by atoms with E-state index in [9.17, 15) is 0 Å². The molecule has 0 aliphatic rings. The van der Waals surface area contributed by atoms with Crippen molar-refractivity contribution in [2.45, 2.75) is 13.8 Å². The molecule has 0 spiro atoms. The van der Waals surface area contributed by atoms with Gasteiger partial charge in [0.25, 0.3) is 0 Å². The van der Waals surface area contributed by atoms with Crippen molar-refractivity contribution < 1.29 is 0 Å². The van der Waals surface area contributed by atoms with Crippen LogP contribution in [-0.4, -0.2) is 0 Å². The lowest BCUT2D eigenvalue weighted by Gasteiger charge is -1.87. The number of rotatable bonds is 3. The lowest BCUT2D eigenvalue weighted by atomic mass is 10.2. The molecule has 10 heavy (non-hydrogen) atoms. The van der Waals surface area contributed by atoms with E-state index in [0.717, 1.165) is 0 Å². The quantitative estimate of drug-likeness (QED) is 0.520. The van der Waals surface area contributed by atoms with Crippen molar-refractivity contribution in [3.63, 3.8) is 0 Å². The van der Waals surface area contributed by atoms with Crippen LogP contribution in [0.5, 0.6) is 0 Å². The molecule has 0 rings (SSSR count). The molecule has 0 aromatic rings. The molecule has 0 saturated heterocycles. The van der Waals surface area contributed by atoms with Crippen LogP contribution in [0.25, 0.3) is 0 Å². The molecule has 0 heterocycles. The van der Waals surface area contributed by atoms with Gasteiger partial charge in [0, 0.05) is 0 Å². The van der Waals surface area contributed by atoms with Crippen LogP contribution in [0.3, 0.4) is 0 Å². The summed E-state index contributed by atoms with van der Waals surface area (Å²) < 4.78 is 0. The molecule has 0 N–H and O–H groups in total. The average Bonchev–Trinajstić information content (AvgIpc) is 1.90. The zero-order chi connectivity index (χ0) is 7.82. The molecule has 0 amide bonds. The standard InChI is InChI=1S/C10H14/c1-4-7-10(8-5-2)9-6-3/h4-9H,1H2,2-3H3. The maximum atomic E-state index is 3.62. The summed E-state index contributed by atoms with van der Waals surface area (Å²) in [7, 11) is 0. The van der Waals surface area contributed by atoms with Gasteiger partial charge >= 0.3 is 0 Å². The fourth-order valence-corrected chi connectivity index (χ4v) is 0.688. The molecule has 0 aromatic heterocycles.